The predicted octanol–water partition coefficient (Wildman–Crippen LogP) is 4.24. The topological polar surface area (TPSA) is 17.3 Å². The van der Waals surface area contributed by atoms with E-state index in [4.69, 9.17) is 0 Å². The van der Waals surface area contributed by atoms with Gasteiger partial charge in [0.1, 0.15) is 5.65 Å². The number of aryl methyl sites for hydroxylation is 2. The van der Waals surface area contributed by atoms with E-state index in [2.05, 4.69) is 72.0 Å². The Morgan fingerprint density at radius 3 is 2.74 bits per heavy atom. The molecule has 3 rings (SSSR count). The van der Waals surface area contributed by atoms with Crippen LogP contribution in [-0.4, -0.2) is 9.38 Å². The number of pyridine rings is 1. The predicted molar refractivity (Wildman–Crippen MR) is 80.7 cm³/mol. The fourth-order valence-corrected chi connectivity index (χ4v) is 3.01. The maximum absolute atomic E-state index is 4.64. The molecule has 3 aromatic rings. The molecule has 0 aliphatic carbocycles. The summed E-state index contributed by atoms with van der Waals surface area (Å²) in [7, 11) is 0. The van der Waals surface area contributed by atoms with E-state index in [9.17, 15) is 0 Å². The second-order valence-electron chi connectivity index (χ2n) is 4.76. The molecule has 0 atom stereocenters. The van der Waals surface area contributed by atoms with E-state index in [-0.39, 0.29) is 0 Å². The van der Waals surface area contributed by atoms with Crippen molar-refractivity contribution in [2.24, 2.45) is 0 Å². The SMILES string of the molecule is Cc1ccc2nc(CSc3ccccc3C)cn2c1. The summed E-state index contributed by atoms with van der Waals surface area (Å²) in [6.07, 6.45) is 4.23. The first-order valence-electron chi connectivity index (χ1n) is 6.35. The Kier molecular flexibility index (Phi) is 3.30. The number of hydrogen-bond acceptors (Lipinski definition) is 2. The van der Waals surface area contributed by atoms with Crippen LogP contribution in [-0.2, 0) is 5.75 Å². The van der Waals surface area contributed by atoms with Crippen LogP contribution in [0.25, 0.3) is 5.65 Å². The number of hydrogen-bond donors (Lipinski definition) is 0. The Bertz CT molecular complexity index is 716. The first-order chi connectivity index (χ1) is 9.22. The van der Waals surface area contributed by atoms with Gasteiger partial charge in [0.2, 0.25) is 0 Å². The largest absolute Gasteiger partial charge is 0.307 e. The number of aromatic nitrogens is 2. The summed E-state index contributed by atoms with van der Waals surface area (Å²) in [5.41, 5.74) is 4.72. The maximum Gasteiger partial charge on any atom is 0.137 e. The number of nitrogens with zero attached hydrogens (tertiary/aromatic N) is 2. The lowest BCUT2D eigenvalue weighted by Crippen LogP contribution is -1.82. The van der Waals surface area contributed by atoms with Crippen LogP contribution in [0.3, 0.4) is 0 Å². The van der Waals surface area contributed by atoms with Gasteiger partial charge in [0.25, 0.3) is 0 Å². The Balaban J connectivity index is 1.80. The summed E-state index contributed by atoms with van der Waals surface area (Å²) >= 11 is 1.84. The van der Waals surface area contributed by atoms with Crippen LogP contribution in [0.2, 0.25) is 0 Å². The molecule has 19 heavy (non-hydrogen) atoms. The van der Waals surface area contributed by atoms with Crippen molar-refractivity contribution in [2.45, 2.75) is 24.5 Å². The monoisotopic (exact) mass is 268 g/mol. The molecule has 2 aromatic heterocycles. The van der Waals surface area contributed by atoms with Crippen LogP contribution in [0.5, 0.6) is 0 Å². The minimum atomic E-state index is 0.908. The standard InChI is InChI=1S/C16H16N2S/c1-12-7-8-16-17-14(10-18(16)9-12)11-19-15-6-4-3-5-13(15)2/h3-10H,11H2,1-2H3. The Morgan fingerprint density at radius 1 is 1.05 bits per heavy atom. The molecule has 2 heterocycles. The number of imidazole rings is 1. The average molecular weight is 268 g/mol. The lowest BCUT2D eigenvalue weighted by atomic mass is 10.2. The van der Waals surface area contributed by atoms with Crippen LogP contribution < -0.4 is 0 Å². The van der Waals surface area contributed by atoms with Gasteiger partial charge in [-0.3, -0.25) is 0 Å². The molecule has 0 aliphatic heterocycles. The Hall–Kier alpha value is -1.74. The minimum absolute atomic E-state index is 0.908. The summed E-state index contributed by atoms with van der Waals surface area (Å²) in [6.45, 7) is 4.25. The Labute approximate surface area is 117 Å². The van der Waals surface area contributed by atoms with E-state index in [1.54, 1.807) is 0 Å². The second kappa shape index (κ2) is 5.10. The molecule has 0 aliphatic rings. The van der Waals surface area contributed by atoms with Gasteiger partial charge in [-0.2, -0.15) is 0 Å². The highest BCUT2D eigenvalue weighted by Gasteiger charge is 2.04. The molecule has 0 unspecified atom stereocenters. The highest BCUT2D eigenvalue weighted by atomic mass is 32.2. The quantitative estimate of drug-likeness (QED) is 0.661. The van der Waals surface area contributed by atoms with Crippen LogP contribution in [0.1, 0.15) is 16.8 Å². The number of fused-ring (bicyclic) bond motifs is 1. The van der Waals surface area contributed by atoms with Crippen LogP contribution in [0, 0.1) is 13.8 Å². The van der Waals surface area contributed by atoms with Crippen molar-refractivity contribution >= 4 is 17.4 Å². The lowest BCUT2D eigenvalue weighted by molar-refractivity contribution is 1.15. The summed E-state index contributed by atoms with van der Waals surface area (Å²) in [4.78, 5) is 5.97. The molecule has 1 aromatic carbocycles. The van der Waals surface area contributed by atoms with Gasteiger partial charge in [0.05, 0.1) is 5.69 Å². The van der Waals surface area contributed by atoms with Crippen LogP contribution in [0.4, 0.5) is 0 Å². The summed E-state index contributed by atoms with van der Waals surface area (Å²) in [5, 5.41) is 0. The molecule has 0 N–H and O–H groups in total. The van der Waals surface area contributed by atoms with Crippen molar-refractivity contribution in [1.82, 2.24) is 9.38 Å². The molecule has 0 radical (unpaired) electrons. The van der Waals surface area contributed by atoms with Crippen molar-refractivity contribution in [3.63, 3.8) is 0 Å². The smallest absolute Gasteiger partial charge is 0.137 e. The van der Waals surface area contributed by atoms with Gasteiger partial charge in [-0.25, -0.2) is 4.98 Å². The van der Waals surface area contributed by atoms with Crippen molar-refractivity contribution in [3.05, 3.63) is 65.6 Å². The second-order valence-corrected chi connectivity index (χ2v) is 5.78. The fraction of sp³-hybridized carbons (Fsp3) is 0.188. The van der Waals surface area contributed by atoms with E-state index < -0.39 is 0 Å². The van der Waals surface area contributed by atoms with E-state index in [0.717, 1.165) is 17.1 Å². The van der Waals surface area contributed by atoms with Crippen molar-refractivity contribution < 1.29 is 0 Å². The van der Waals surface area contributed by atoms with Gasteiger partial charge >= 0.3 is 0 Å². The summed E-state index contributed by atoms with van der Waals surface area (Å²) < 4.78 is 2.10. The maximum atomic E-state index is 4.64. The molecule has 0 bridgehead atoms. The van der Waals surface area contributed by atoms with E-state index in [1.165, 1.54) is 16.0 Å². The molecular weight excluding hydrogens is 252 g/mol. The molecule has 0 spiro atoms. The summed E-state index contributed by atoms with van der Waals surface area (Å²) in [6, 6.07) is 12.6. The van der Waals surface area contributed by atoms with Gasteiger partial charge in [-0.1, -0.05) is 24.3 Å². The highest BCUT2D eigenvalue weighted by Crippen LogP contribution is 2.25. The zero-order valence-corrected chi connectivity index (χ0v) is 11.9. The molecule has 3 heteroatoms. The van der Waals surface area contributed by atoms with Crippen molar-refractivity contribution in [1.29, 1.82) is 0 Å². The molecule has 0 saturated heterocycles. The molecule has 2 nitrogen and oxygen atoms in total. The molecule has 96 valence electrons. The third kappa shape index (κ3) is 2.66. The van der Waals surface area contributed by atoms with Gasteiger partial charge in [0, 0.05) is 23.0 Å². The zero-order chi connectivity index (χ0) is 13.2. The lowest BCUT2D eigenvalue weighted by Gasteiger charge is -2.02. The van der Waals surface area contributed by atoms with Crippen molar-refractivity contribution in [3.8, 4) is 0 Å². The van der Waals surface area contributed by atoms with E-state index in [1.807, 2.05) is 11.8 Å². The third-order valence-corrected chi connectivity index (χ3v) is 4.33. The third-order valence-electron chi connectivity index (χ3n) is 3.12. The molecule has 0 fully saturated rings. The zero-order valence-electron chi connectivity index (χ0n) is 11.1. The summed E-state index contributed by atoms with van der Waals surface area (Å²) in [5.74, 6) is 0.908. The highest BCUT2D eigenvalue weighted by molar-refractivity contribution is 7.98. The van der Waals surface area contributed by atoms with Crippen molar-refractivity contribution in [2.75, 3.05) is 0 Å². The normalized spacial score (nSPS) is 11.1. The molecular formula is C16H16N2S. The first-order valence-corrected chi connectivity index (χ1v) is 7.33. The van der Waals surface area contributed by atoms with Crippen LogP contribution in [0.15, 0.2) is 53.7 Å². The number of benzene rings is 1. The Morgan fingerprint density at radius 2 is 1.89 bits per heavy atom. The van der Waals surface area contributed by atoms with Gasteiger partial charge in [0.15, 0.2) is 0 Å². The average Bonchev–Trinajstić information content (AvgIpc) is 2.79. The van der Waals surface area contributed by atoms with Crippen LogP contribution >= 0.6 is 11.8 Å². The number of thioether (sulfide) groups is 1. The van der Waals surface area contributed by atoms with Gasteiger partial charge < -0.3 is 4.40 Å². The van der Waals surface area contributed by atoms with E-state index in [0.29, 0.717) is 0 Å². The minimum Gasteiger partial charge on any atom is -0.307 e. The van der Waals surface area contributed by atoms with Gasteiger partial charge in [-0.15, -0.1) is 11.8 Å². The first kappa shape index (κ1) is 12.3. The number of rotatable bonds is 3. The van der Waals surface area contributed by atoms with Gasteiger partial charge in [-0.05, 0) is 37.1 Å². The van der Waals surface area contributed by atoms with E-state index >= 15 is 0 Å². The molecule has 0 amide bonds. The fourth-order valence-electron chi connectivity index (χ4n) is 2.10. The molecule has 0 saturated carbocycles.